The normalized spacial score (nSPS) is 29.3. The van der Waals surface area contributed by atoms with Crippen LogP contribution in [0.1, 0.15) is 146 Å². The first-order chi connectivity index (χ1) is 40.5. The smallest absolute Gasteiger partial charge is 0.264 e. The van der Waals surface area contributed by atoms with Crippen LogP contribution in [0.4, 0.5) is 11.4 Å². The molecular weight excluding hydrogens is 1150 g/mol. The lowest BCUT2D eigenvalue weighted by atomic mass is 9.67. The fourth-order valence-electron chi connectivity index (χ4n) is 15.4. The minimum absolute atomic E-state index is 0.0777. The zero-order valence-electron chi connectivity index (χ0n) is 48.2. The van der Waals surface area contributed by atoms with Crippen molar-refractivity contribution in [3.8, 4) is 11.5 Å². The van der Waals surface area contributed by atoms with Gasteiger partial charge in [-0.05, 0) is 196 Å². The molecule has 6 N–H and O–H groups in total. The number of aryl methyl sites for hydroxylation is 2. The van der Waals surface area contributed by atoms with Gasteiger partial charge in [0.25, 0.3) is 11.8 Å². The van der Waals surface area contributed by atoms with Gasteiger partial charge in [-0.3, -0.25) is 9.59 Å². The van der Waals surface area contributed by atoms with Crippen LogP contribution in [0.3, 0.4) is 0 Å². The van der Waals surface area contributed by atoms with Crippen LogP contribution in [0.2, 0.25) is 10.0 Å². The molecule has 0 radical (unpaired) electrons. The highest BCUT2D eigenvalue weighted by Crippen LogP contribution is 2.49. The number of halogens is 2. The molecule has 0 saturated heterocycles. The number of carbonyl (C=O) groups is 2. The molecule has 4 aliphatic heterocycles. The van der Waals surface area contributed by atoms with Crippen LogP contribution < -0.4 is 39.4 Å². The molecule has 84 heavy (non-hydrogen) atoms. The average Bonchev–Trinajstić information content (AvgIpc) is 2.08. The summed E-state index contributed by atoms with van der Waals surface area (Å²) < 4.78 is 68.7. The second-order valence-electron chi connectivity index (χ2n) is 25.3. The number of carbonyl (C=O) groups excluding carboxylic acids is 2. The van der Waals surface area contributed by atoms with E-state index >= 15 is 0 Å². The van der Waals surface area contributed by atoms with Crippen molar-refractivity contribution in [2.75, 3.05) is 87.0 Å². The number of amides is 2. The number of benzene rings is 4. The van der Waals surface area contributed by atoms with Gasteiger partial charge in [0.05, 0.1) is 49.3 Å². The van der Waals surface area contributed by atoms with E-state index in [2.05, 4.69) is 54.1 Å². The van der Waals surface area contributed by atoms with Crippen molar-refractivity contribution in [2.45, 2.75) is 138 Å². The highest BCUT2D eigenvalue weighted by molar-refractivity contribution is 7.90. The summed E-state index contributed by atoms with van der Waals surface area (Å²) in [6, 6.07) is 23.6. The first-order valence-corrected chi connectivity index (χ1v) is 35.0. The second-order valence-corrected chi connectivity index (χ2v) is 29.9. The average molecular weight is 1230 g/mol. The highest BCUT2D eigenvalue weighted by Gasteiger charge is 2.47. The van der Waals surface area contributed by atoms with Crippen LogP contribution in [0.25, 0.3) is 0 Å². The number of fused-ring (bicyclic) bond motifs is 8. The fourth-order valence-corrected chi connectivity index (χ4v) is 17.9. The van der Waals surface area contributed by atoms with E-state index in [4.69, 9.17) is 32.7 Å². The van der Waals surface area contributed by atoms with Crippen molar-refractivity contribution in [3.05, 3.63) is 116 Å². The molecule has 8 atom stereocenters. The summed E-state index contributed by atoms with van der Waals surface area (Å²) in [5, 5.41) is 27.8. The Morgan fingerprint density at radius 2 is 0.988 bits per heavy atom. The van der Waals surface area contributed by atoms with E-state index in [1.165, 1.54) is 22.3 Å². The van der Waals surface area contributed by atoms with Crippen molar-refractivity contribution in [1.29, 1.82) is 0 Å². The number of hydrogen-bond acceptors (Lipinski definition) is 14. The number of ether oxygens (including phenoxy) is 2. The van der Waals surface area contributed by atoms with Crippen LogP contribution in [-0.4, -0.2) is 128 Å². The van der Waals surface area contributed by atoms with Crippen molar-refractivity contribution < 1.29 is 46.1 Å². The van der Waals surface area contributed by atoms with E-state index in [0.717, 1.165) is 162 Å². The highest BCUT2D eigenvalue weighted by atomic mass is 35.5. The SMILES string of the molecule is O=C1NS(=O)(=O)CCCCC[C@@H](NCCO)[C@@H]2CC[C@H]2CN2C[C@@]3(CCCc4cc(Cl)ccc43)COc3ccc1cc32.O=C1NS(=O)(=O)CCCCC[C@H](NCCO)[C@@H]2CC[C@H]2CN2C[C@@]3(CCCc4cc(Cl)ccc43)COc3ccc1cc32. The summed E-state index contributed by atoms with van der Waals surface area (Å²) in [4.78, 5) is 31.1. The Balaban J connectivity index is 0.000000175. The summed E-state index contributed by atoms with van der Waals surface area (Å²) in [5.41, 5.74) is 7.00. The predicted octanol–water partition coefficient (Wildman–Crippen LogP) is 8.85. The van der Waals surface area contributed by atoms with Gasteiger partial charge < -0.3 is 40.1 Å². The Morgan fingerprint density at radius 1 is 0.548 bits per heavy atom. The number of nitrogens with zero attached hydrogens (tertiary/aromatic N) is 2. The van der Waals surface area contributed by atoms with Crippen molar-refractivity contribution in [2.24, 2.45) is 23.7 Å². The lowest BCUT2D eigenvalue weighted by Gasteiger charge is -2.47. The van der Waals surface area contributed by atoms with Gasteiger partial charge in [0.15, 0.2) is 0 Å². The minimum Gasteiger partial charge on any atom is -0.490 e. The molecular formula is C64H84Cl2N6O10S2. The third kappa shape index (κ3) is 13.7. The molecule has 4 aromatic carbocycles. The third-order valence-corrected chi connectivity index (χ3v) is 23.0. The largest absolute Gasteiger partial charge is 0.490 e. The second kappa shape index (κ2) is 26.4. The topological polar surface area (TPSA) is 216 Å². The van der Waals surface area contributed by atoms with Crippen molar-refractivity contribution in [3.63, 3.8) is 0 Å². The minimum atomic E-state index is -3.75. The van der Waals surface area contributed by atoms with Gasteiger partial charge in [-0.1, -0.05) is 61.0 Å². The molecule has 8 aliphatic rings. The zero-order valence-corrected chi connectivity index (χ0v) is 51.4. The molecule has 2 amide bonds. The molecule has 0 aromatic heterocycles. The van der Waals surface area contributed by atoms with Crippen LogP contribution >= 0.6 is 23.2 Å². The Bertz CT molecular complexity index is 3050. The van der Waals surface area contributed by atoms with Gasteiger partial charge in [0, 0.05) is 83.4 Å². The van der Waals surface area contributed by atoms with E-state index in [0.29, 0.717) is 73.9 Å². The molecule has 4 aliphatic carbocycles. The van der Waals surface area contributed by atoms with Gasteiger partial charge in [0.1, 0.15) is 11.5 Å². The number of sulfonamides is 2. The van der Waals surface area contributed by atoms with Crippen LogP contribution in [-0.2, 0) is 43.7 Å². The zero-order chi connectivity index (χ0) is 58.6. The van der Waals surface area contributed by atoms with E-state index in [1.54, 1.807) is 12.1 Å². The van der Waals surface area contributed by atoms with Crippen LogP contribution in [0.5, 0.6) is 11.5 Å². The fraction of sp³-hybridized carbons (Fsp3) is 0.594. The third-order valence-electron chi connectivity index (χ3n) is 19.9. The lowest BCUT2D eigenvalue weighted by molar-refractivity contribution is 0.0972. The quantitative estimate of drug-likeness (QED) is 0.106. The molecule has 4 bridgehead atoms. The number of aliphatic hydroxyl groups excluding tert-OH is 2. The molecule has 20 heteroatoms. The van der Waals surface area contributed by atoms with Crippen LogP contribution in [0, 0.1) is 23.7 Å². The van der Waals surface area contributed by atoms with Crippen LogP contribution in [0.15, 0.2) is 72.8 Å². The molecule has 2 spiro atoms. The van der Waals surface area contributed by atoms with Gasteiger partial charge in [-0.25, -0.2) is 26.3 Å². The number of anilines is 2. The monoisotopic (exact) mass is 1230 g/mol. The molecule has 12 rings (SSSR count). The summed E-state index contributed by atoms with van der Waals surface area (Å²) in [7, 11) is -7.50. The van der Waals surface area contributed by atoms with Crippen molar-refractivity contribution >= 4 is 66.4 Å². The first-order valence-electron chi connectivity index (χ1n) is 30.9. The lowest BCUT2D eigenvalue weighted by Crippen LogP contribution is -2.52. The summed E-state index contributed by atoms with van der Waals surface area (Å²) >= 11 is 12.8. The maximum atomic E-state index is 13.2. The number of aliphatic hydroxyl groups is 2. The van der Waals surface area contributed by atoms with Gasteiger partial charge in [-0.15, -0.1) is 0 Å². The molecule has 0 unspecified atom stereocenters. The van der Waals surface area contributed by atoms with Gasteiger partial charge in [-0.2, -0.15) is 0 Å². The molecule has 4 heterocycles. The maximum Gasteiger partial charge on any atom is 0.264 e. The predicted molar refractivity (Wildman–Crippen MR) is 330 cm³/mol. The summed E-state index contributed by atoms with van der Waals surface area (Å²) in [6.45, 7) is 5.50. The molecule has 2 saturated carbocycles. The Morgan fingerprint density at radius 3 is 1.39 bits per heavy atom. The number of rotatable bonds is 6. The number of hydrogen-bond donors (Lipinski definition) is 6. The Kier molecular flexibility index (Phi) is 19.1. The maximum absolute atomic E-state index is 13.2. The van der Waals surface area contributed by atoms with E-state index in [-0.39, 0.29) is 47.6 Å². The van der Waals surface area contributed by atoms with E-state index in [9.17, 15) is 36.6 Å². The van der Waals surface area contributed by atoms with Gasteiger partial charge in [0.2, 0.25) is 20.0 Å². The van der Waals surface area contributed by atoms with E-state index < -0.39 is 31.9 Å². The summed E-state index contributed by atoms with van der Waals surface area (Å²) in [5.74, 6) is 1.95. The Labute approximate surface area is 506 Å². The standard InChI is InChI=1S/2C32H42ClN3O5S/c2*33-25-9-11-27-22(17-25)5-4-13-32(27)20-36-19-24-7-10-26(24)28(34-14-15-37)6-2-1-3-16-42(39,40)35-31(38)23-8-12-30(41-21-32)29(36)18-23/h2*8-9,11-12,17-18,24,26,28,34,37H,1-7,10,13-16,19-21H2,(H,35,38)/t24-,26+,28+,32-;24-,26+,28-,32-/m00/s1. The Hall–Kier alpha value is -4.66. The molecule has 456 valence electrons. The molecule has 16 nitrogen and oxygen atoms in total. The molecule has 4 aromatic rings. The van der Waals surface area contributed by atoms with Crippen molar-refractivity contribution in [1.82, 2.24) is 20.1 Å². The van der Waals surface area contributed by atoms with Gasteiger partial charge >= 0.3 is 0 Å². The molecule has 2 fully saturated rings. The number of nitrogens with one attached hydrogen (secondary N) is 4. The first kappa shape index (κ1) is 61.0. The summed E-state index contributed by atoms with van der Waals surface area (Å²) in [6.07, 6.45) is 16.8. The van der Waals surface area contributed by atoms with E-state index in [1.807, 2.05) is 36.4 Å².